The van der Waals surface area contributed by atoms with E-state index < -0.39 is 0 Å². The lowest BCUT2D eigenvalue weighted by atomic mass is 10.2. The molecule has 0 radical (unpaired) electrons. The monoisotopic (exact) mass is 429 g/mol. The Kier molecular flexibility index (Phi) is 5.26. The molecule has 4 heterocycles. The summed E-state index contributed by atoms with van der Waals surface area (Å²) in [6.45, 7) is 0.241. The molecule has 4 rings (SSSR count). The SMILES string of the molecule is Cn1ccc(CNC(=O)c2c(C=N)c3sc(Cc4csc(CO)n4)nc3n2C)n1. The molecule has 0 saturated carbocycles. The number of hydrogen-bond donors (Lipinski definition) is 3. The second-order valence-electron chi connectivity index (χ2n) is 6.46. The number of aliphatic hydroxyl groups is 1. The number of aliphatic hydroxyl groups excluding tert-OH is 1. The Morgan fingerprint density at radius 3 is 2.79 bits per heavy atom. The summed E-state index contributed by atoms with van der Waals surface area (Å²) in [6.07, 6.45) is 3.57. The predicted molar refractivity (Wildman–Crippen MR) is 112 cm³/mol. The molecule has 150 valence electrons. The van der Waals surface area contributed by atoms with Crippen molar-refractivity contribution in [3.63, 3.8) is 0 Å². The average Bonchev–Trinajstić information content (AvgIpc) is 3.46. The van der Waals surface area contributed by atoms with Crippen LogP contribution < -0.4 is 5.32 Å². The third kappa shape index (κ3) is 3.71. The number of nitrogens with zero attached hydrogens (tertiary/aromatic N) is 5. The summed E-state index contributed by atoms with van der Waals surface area (Å²) in [6, 6.07) is 1.84. The number of amides is 1. The molecule has 0 aliphatic carbocycles. The normalized spacial score (nSPS) is 11.3. The Labute approximate surface area is 174 Å². The predicted octanol–water partition coefficient (Wildman–Crippen LogP) is 1.84. The number of nitrogens with one attached hydrogen (secondary N) is 2. The fraction of sp³-hybridized carbons (Fsp3) is 0.278. The van der Waals surface area contributed by atoms with E-state index in [0.29, 0.717) is 34.9 Å². The highest BCUT2D eigenvalue weighted by atomic mass is 32.1. The first-order valence-electron chi connectivity index (χ1n) is 8.79. The molecule has 0 aliphatic rings. The molecule has 4 aromatic heterocycles. The molecule has 11 heteroatoms. The van der Waals surface area contributed by atoms with Gasteiger partial charge in [0.15, 0.2) is 5.65 Å². The van der Waals surface area contributed by atoms with Crippen LogP contribution in [0.4, 0.5) is 0 Å². The largest absolute Gasteiger partial charge is 0.389 e. The van der Waals surface area contributed by atoms with Crippen LogP contribution in [0.15, 0.2) is 17.6 Å². The lowest BCUT2D eigenvalue weighted by Crippen LogP contribution is -2.26. The van der Waals surface area contributed by atoms with E-state index in [0.717, 1.165) is 21.1 Å². The summed E-state index contributed by atoms with van der Waals surface area (Å²) < 4.78 is 4.21. The van der Waals surface area contributed by atoms with Gasteiger partial charge in [-0.05, 0) is 6.07 Å². The Bertz CT molecular complexity index is 1200. The van der Waals surface area contributed by atoms with Crippen molar-refractivity contribution in [1.82, 2.24) is 29.6 Å². The molecule has 0 aliphatic heterocycles. The van der Waals surface area contributed by atoms with Gasteiger partial charge in [0.2, 0.25) is 0 Å². The van der Waals surface area contributed by atoms with Crippen LogP contribution in [0.25, 0.3) is 10.3 Å². The van der Waals surface area contributed by atoms with Gasteiger partial charge in [-0.25, -0.2) is 9.97 Å². The molecule has 0 bridgehead atoms. The van der Waals surface area contributed by atoms with Crippen molar-refractivity contribution >= 4 is 45.1 Å². The standard InChI is InChI=1S/C18H19N7O2S2/c1-24-4-3-10(23-24)7-20-18(27)15-12(6-19)16-17(25(15)2)22-13(29-16)5-11-9-28-14(8-26)21-11/h3-4,6,9,19,26H,5,7-8H2,1-2H3,(H,20,27). The minimum Gasteiger partial charge on any atom is -0.389 e. The van der Waals surface area contributed by atoms with Gasteiger partial charge >= 0.3 is 0 Å². The Hall–Kier alpha value is -2.89. The number of rotatable bonds is 7. The van der Waals surface area contributed by atoms with Crippen molar-refractivity contribution in [1.29, 1.82) is 5.41 Å². The highest BCUT2D eigenvalue weighted by Crippen LogP contribution is 2.31. The van der Waals surface area contributed by atoms with Gasteiger partial charge in [-0.2, -0.15) is 5.10 Å². The molecule has 4 aromatic rings. The zero-order valence-corrected chi connectivity index (χ0v) is 17.5. The zero-order valence-electron chi connectivity index (χ0n) is 15.8. The van der Waals surface area contributed by atoms with Crippen LogP contribution in [0.3, 0.4) is 0 Å². The number of aromatic nitrogens is 5. The maximum Gasteiger partial charge on any atom is 0.269 e. The maximum atomic E-state index is 12.8. The number of aryl methyl sites for hydroxylation is 2. The van der Waals surface area contributed by atoms with Crippen LogP contribution in [0.1, 0.15) is 37.5 Å². The number of carbonyl (C=O) groups is 1. The molecular weight excluding hydrogens is 410 g/mol. The van der Waals surface area contributed by atoms with Crippen molar-refractivity contribution in [3.05, 3.63) is 50.3 Å². The molecular formula is C18H19N7O2S2. The first-order chi connectivity index (χ1) is 14.0. The van der Waals surface area contributed by atoms with E-state index in [1.807, 2.05) is 24.7 Å². The van der Waals surface area contributed by atoms with Crippen molar-refractivity contribution in [2.75, 3.05) is 0 Å². The van der Waals surface area contributed by atoms with Crippen LogP contribution in [0, 0.1) is 5.41 Å². The average molecular weight is 430 g/mol. The molecule has 0 spiro atoms. The minimum absolute atomic E-state index is 0.0700. The van der Waals surface area contributed by atoms with E-state index in [2.05, 4.69) is 20.4 Å². The van der Waals surface area contributed by atoms with Gasteiger partial charge in [0.25, 0.3) is 5.91 Å². The zero-order chi connectivity index (χ0) is 20.5. The third-order valence-electron chi connectivity index (χ3n) is 4.43. The number of thiazole rings is 2. The van der Waals surface area contributed by atoms with Crippen molar-refractivity contribution in [3.8, 4) is 0 Å². The molecule has 0 atom stereocenters. The second kappa shape index (κ2) is 7.85. The summed E-state index contributed by atoms with van der Waals surface area (Å²) in [7, 11) is 3.60. The number of fused-ring (bicyclic) bond motifs is 1. The second-order valence-corrected chi connectivity index (χ2v) is 8.48. The van der Waals surface area contributed by atoms with Crippen LogP contribution >= 0.6 is 22.7 Å². The number of hydrogen-bond acceptors (Lipinski definition) is 8. The molecule has 29 heavy (non-hydrogen) atoms. The Balaban J connectivity index is 1.59. The molecule has 9 nitrogen and oxygen atoms in total. The Morgan fingerprint density at radius 1 is 1.31 bits per heavy atom. The van der Waals surface area contributed by atoms with E-state index >= 15 is 0 Å². The van der Waals surface area contributed by atoms with E-state index in [9.17, 15) is 4.79 Å². The summed E-state index contributed by atoms with van der Waals surface area (Å²) in [5.41, 5.74) is 3.25. The fourth-order valence-corrected chi connectivity index (χ4v) is 4.89. The highest BCUT2D eigenvalue weighted by molar-refractivity contribution is 7.19. The minimum atomic E-state index is -0.268. The maximum absolute atomic E-state index is 12.8. The summed E-state index contributed by atoms with van der Waals surface area (Å²) in [5.74, 6) is -0.268. The van der Waals surface area contributed by atoms with Gasteiger partial charge in [-0.15, -0.1) is 22.7 Å². The molecule has 0 unspecified atom stereocenters. The van der Waals surface area contributed by atoms with Crippen molar-refractivity contribution in [2.45, 2.75) is 19.6 Å². The smallest absolute Gasteiger partial charge is 0.269 e. The van der Waals surface area contributed by atoms with E-state index in [1.165, 1.54) is 28.9 Å². The fourth-order valence-electron chi connectivity index (χ4n) is 3.11. The van der Waals surface area contributed by atoms with E-state index in [-0.39, 0.29) is 12.5 Å². The van der Waals surface area contributed by atoms with Crippen molar-refractivity contribution in [2.24, 2.45) is 14.1 Å². The number of carbonyl (C=O) groups excluding carboxylic acids is 1. The third-order valence-corrected chi connectivity index (χ3v) is 6.39. The van der Waals surface area contributed by atoms with E-state index in [1.54, 1.807) is 16.3 Å². The van der Waals surface area contributed by atoms with Crippen LogP contribution in [-0.2, 0) is 33.7 Å². The van der Waals surface area contributed by atoms with E-state index in [4.69, 9.17) is 10.5 Å². The molecule has 3 N–H and O–H groups in total. The van der Waals surface area contributed by atoms with Crippen molar-refractivity contribution < 1.29 is 9.90 Å². The van der Waals surface area contributed by atoms with Gasteiger partial charge in [-0.3, -0.25) is 9.48 Å². The first-order valence-corrected chi connectivity index (χ1v) is 10.5. The first kappa shape index (κ1) is 19.4. The lowest BCUT2D eigenvalue weighted by molar-refractivity contribution is 0.0942. The van der Waals surface area contributed by atoms with Crippen LogP contribution in [0.5, 0.6) is 0 Å². The quantitative estimate of drug-likeness (QED) is 0.387. The molecule has 1 amide bonds. The summed E-state index contributed by atoms with van der Waals surface area (Å²) in [5, 5.41) is 27.6. The topological polar surface area (TPSA) is 122 Å². The lowest BCUT2D eigenvalue weighted by Gasteiger charge is -2.06. The van der Waals surface area contributed by atoms with Gasteiger partial charge in [0, 0.05) is 43.9 Å². The van der Waals surface area contributed by atoms with Gasteiger partial charge < -0.3 is 20.4 Å². The molecule has 0 fully saturated rings. The Morgan fingerprint density at radius 2 is 2.14 bits per heavy atom. The molecule has 0 saturated heterocycles. The summed E-state index contributed by atoms with van der Waals surface area (Å²) in [4.78, 5) is 21.8. The van der Waals surface area contributed by atoms with Gasteiger partial charge in [0.1, 0.15) is 15.7 Å². The summed E-state index contributed by atoms with van der Waals surface area (Å²) >= 11 is 2.87. The van der Waals surface area contributed by atoms with Crippen LogP contribution in [0.2, 0.25) is 0 Å². The van der Waals surface area contributed by atoms with Crippen LogP contribution in [-0.4, -0.2) is 41.5 Å². The molecule has 0 aromatic carbocycles. The van der Waals surface area contributed by atoms with Gasteiger partial charge in [-0.1, -0.05) is 0 Å². The van der Waals surface area contributed by atoms with Gasteiger partial charge in [0.05, 0.1) is 29.2 Å². The highest BCUT2D eigenvalue weighted by Gasteiger charge is 2.23.